The molecule has 2 N–H and O–H groups in total. The number of benzene rings is 2. The number of aryl methyl sites for hydroxylation is 1. The molecule has 2 rings (SSSR count). The lowest BCUT2D eigenvalue weighted by molar-refractivity contribution is -0.905. The Morgan fingerprint density at radius 2 is 2.00 bits per heavy atom. The van der Waals surface area contributed by atoms with Gasteiger partial charge in [0.05, 0.1) is 6.54 Å². The van der Waals surface area contributed by atoms with Gasteiger partial charge in [-0.2, -0.15) is 0 Å². The number of nitrogens with one attached hydrogen (secondary N) is 2. The van der Waals surface area contributed by atoms with Crippen LogP contribution in [0.3, 0.4) is 0 Å². The Morgan fingerprint density at radius 1 is 1.25 bits per heavy atom. The predicted octanol–water partition coefficient (Wildman–Crippen LogP) is 3.33. The van der Waals surface area contributed by atoms with Gasteiger partial charge in [-0.05, 0) is 43.2 Å². The molecule has 0 heterocycles. The van der Waals surface area contributed by atoms with Gasteiger partial charge in [-0.15, -0.1) is 0 Å². The molecule has 0 aliphatic carbocycles. The molecule has 0 saturated carbocycles. The summed E-state index contributed by atoms with van der Waals surface area (Å²) in [5.41, 5.74) is 2.49. The first-order chi connectivity index (χ1) is 11.5. The van der Waals surface area contributed by atoms with Crippen LogP contribution in [-0.4, -0.2) is 19.0 Å². The van der Waals surface area contributed by atoms with Gasteiger partial charge in [-0.25, -0.2) is 4.39 Å². The number of hydrogen-bond acceptors (Lipinski definition) is 1. The van der Waals surface area contributed by atoms with E-state index < -0.39 is 0 Å². The fraction of sp³-hybridized carbons (Fsp3) is 0.316. The van der Waals surface area contributed by atoms with Crippen LogP contribution in [0.25, 0.3) is 0 Å². The van der Waals surface area contributed by atoms with E-state index in [9.17, 15) is 9.18 Å². The summed E-state index contributed by atoms with van der Waals surface area (Å²) >= 11 is 3.27. The molecule has 0 saturated heterocycles. The van der Waals surface area contributed by atoms with Crippen LogP contribution >= 0.6 is 15.9 Å². The Bertz CT molecular complexity index is 706. The third-order valence-electron chi connectivity index (χ3n) is 3.89. The minimum atomic E-state index is -0.239. The van der Waals surface area contributed by atoms with Gasteiger partial charge in [0.2, 0.25) is 0 Å². The first-order valence-corrected chi connectivity index (χ1v) is 8.92. The Labute approximate surface area is 151 Å². The molecule has 0 bridgehead atoms. The van der Waals surface area contributed by atoms with Gasteiger partial charge < -0.3 is 10.2 Å². The van der Waals surface area contributed by atoms with E-state index in [0.717, 1.165) is 33.6 Å². The molecule has 1 unspecified atom stereocenters. The molecule has 5 heteroatoms. The predicted molar refractivity (Wildman–Crippen MR) is 98.6 cm³/mol. The largest absolute Gasteiger partial charge is 0.323 e. The first-order valence-electron chi connectivity index (χ1n) is 8.12. The van der Waals surface area contributed by atoms with Crippen LogP contribution in [0.1, 0.15) is 24.5 Å². The van der Waals surface area contributed by atoms with Gasteiger partial charge in [-0.1, -0.05) is 41.1 Å². The SMILES string of the molecule is CCC[NH+](CC(=O)Nc1ccccc1C)Cc1ccc(Br)cc1F. The van der Waals surface area contributed by atoms with Crippen LogP contribution in [0, 0.1) is 12.7 Å². The number of quaternary nitrogens is 1. The zero-order valence-electron chi connectivity index (χ0n) is 14.0. The van der Waals surface area contributed by atoms with E-state index >= 15 is 0 Å². The Morgan fingerprint density at radius 3 is 2.67 bits per heavy atom. The van der Waals surface area contributed by atoms with Crippen molar-refractivity contribution in [1.29, 1.82) is 0 Å². The zero-order valence-corrected chi connectivity index (χ0v) is 15.6. The number of carbonyl (C=O) groups excluding carboxylic acids is 1. The molecule has 1 atom stereocenters. The maximum Gasteiger partial charge on any atom is 0.279 e. The number of amides is 1. The van der Waals surface area contributed by atoms with Crippen LogP contribution in [0.15, 0.2) is 46.9 Å². The number of rotatable bonds is 7. The van der Waals surface area contributed by atoms with Crippen molar-refractivity contribution in [3.05, 3.63) is 63.9 Å². The molecule has 0 aliphatic heterocycles. The number of hydrogen-bond donors (Lipinski definition) is 2. The van der Waals surface area contributed by atoms with E-state index in [1.54, 1.807) is 6.07 Å². The number of halogens is 2. The highest BCUT2D eigenvalue weighted by molar-refractivity contribution is 9.10. The molecule has 1 amide bonds. The summed E-state index contributed by atoms with van der Waals surface area (Å²) in [7, 11) is 0. The summed E-state index contributed by atoms with van der Waals surface area (Å²) in [6, 6.07) is 12.8. The maximum atomic E-state index is 14.0. The summed E-state index contributed by atoms with van der Waals surface area (Å²) in [5, 5.41) is 2.95. The van der Waals surface area contributed by atoms with E-state index in [4.69, 9.17) is 0 Å². The fourth-order valence-corrected chi connectivity index (χ4v) is 2.99. The van der Waals surface area contributed by atoms with Crippen molar-refractivity contribution in [3.8, 4) is 0 Å². The topological polar surface area (TPSA) is 33.5 Å². The monoisotopic (exact) mass is 393 g/mol. The van der Waals surface area contributed by atoms with E-state index in [1.807, 2.05) is 37.3 Å². The van der Waals surface area contributed by atoms with Gasteiger partial charge in [0, 0.05) is 15.7 Å². The van der Waals surface area contributed by atoms with Crippen molar-refractivity contribution in [1.82, 2.24) is 0 Å². The minimum Gasteiger partial charge on any atom is -0.323 e. The maximum absolute atomic E-state index is 14.0. The first kappa shape index (κ1) is 18.6. The molecule has 24 heavy (non-hydrogen) atoms. The standard InChI is InChI=1S/C19H22BrFN2O/c1-3-10-23(12-15-8-9-16(20)11-17(15)21)13-19(24)22-18-7-5-4-6-14(18)2/h4-9,11H,3,10,12-13H2,1-2H3,(H,22,24)/p+1. The van der Waals surface area contributed by atoms with Crippen LogP contribution in [0.2, 0.25) is 0 Å². The van der Waals surface area contributed by atoms with Crippen molar-refractivity contribution < 1.29 is 14.1 Å². The van der Waals surface area contributed by atoms with Gasteiger partial charge in [0.15, 0.2) is 6.54 Å². The van der Waals surface area contributed by atoms with Crippen LogP contribution < -0.4 is 10.2 Å². The molecule has 0 aliphatic rings. The molecule has 2 aromatic rings. The third-order valence-corrected chi connectivity index (χ3v) is 4.38. The third kappa shape index (κ3) is 5.42. The van der Waals surface area contributed by atoms with Gasteiger partial charge in [0.1, 0.15) is 12.4 Å². The Balaban J connectivity index is 2.02. The second-order valence-corrected chi connectivity index (χ2v) is 6.87. The normalized spacial score (nSPS) is 12.0. The lowest BCUT2D eigenvalue weighted by atomic mass is 10.2. The number of anilines is 1. The van der Waals surface area contributed by atoms with Crippen molar-refractivity contribution in [2.24, 2.45) is 0 Å². The van der Waals surface area contributed by atoms with E-state index in [0.29, 0.717) is 18.7 Å². The second-order valence-electron chi connectivity index (χ2n) is 5.95. The van der Waals surface area contributed by atoms with E-state index in [2.05, 4.69) is 28.2 Å². The second kappa shape index (κ2) is 8.94. The fourth-order valence-electron chi connectivity index (χ4n) is 2.66. The summed E-state index contributed by atoms with van der Waals surface area (Å²) in [6.07, 6.45) is 0.936. The highest BCUT2D eigenvalue weighted by Crippen LogP contribution is 2.15. The summed E-state index contributed by atoms with van der Waals surface area (Å²) in [5.74, 6) is -0.289. The van der Waals surface area contributed by atoms with Gasteiger partial charge in [0.25, 0.3) is 5.91 Å². The molecule has 0 fully saturated rings. The summed E-state index contributed by atoms with van der Waals surface area (Å²) < 4.78 is 14.8. The average molecular weight is 394 g/mol. The van der Waals surface area contributed by atoms with Crippen molar-refractivity contribution in [3.63, 3.8) is 0 Å². The Hall–Kier alpha value is -1.72. The van der Waals surface area contributed by atoms with E-state index in [-0.39, 0.29) is 11.7 Å². The van der Waals surface area contributed by atoms with Gasteiger partial charge >= 0.3 is 0 Å². The lowest BCUT2D eigenvalue weighted by Crippen LogP contribution is -3.11. The number of carbonyl (C=O) groups is 1. The van der Waals surface area contributed by atoms with Gasteiger partial charge in [-0.3, -0.25) is 4.79 Å². The molecule has 0 spiro atoms. The molecular formula is C19H23BrFN2O+. The number of para-hydroxylation sites is 1. The highest BCUT2D eigenvalue weighted by Gasteiger charge is 2.17. The molecule has 3 nitrogen and oxygen atoms in total. The minimum absolute atomic E-state index is 0.0507. The summed E-state index contributed by atoms with van der Waals surface area (Å²) in [6.45, 7) is 5.66. The Kier molecular flexibility index (Phi) is 6.94. The highest BCUT2D eigenvalue weighted by atomic mass is 79.9. The quantitative estimate of drug-likeness (QED) is 0.742. The van der Waals surface area contributed by atoms with Crippen LogP contribution in [0.5, 0.6) is 0 Å². The van der Waals surface area contributed by atoms with Crippen molar-refractivity contribution in [2.75, 3.05) is 18.4 Å². The van der Waals surface area contributed by atoms with Crippen molar-refractivity contribution in [2.45, 2.75) is 26.8 Å². The van der Waals surface area contributed by atoms with E-state index in [1.165, 1.54) is 6.07 Å². The van der Waals surface area contributed by atoms with Crippen molar-refractivity contribution >= 4 is 27.5 Å². The summed E-state index contributed by atoms with van der Waals surface area (Å²) in [4.78, 5) is 13.4. The lowest BCUT2D eigenvalue weighted by Gasteiger charge is -2.19. The molecule has 128 valence electrons. The molecule has 0 aromatic heterocycles. The molecule has 0 radical (unpaired) electrons. The zero-order chi connectivity index (χ0) is 17.5. The van der Waals surface area contributed by atoms with Crippen LogP contribution in [0.4, 0.5) is 10.1 Å². The molecule has 2 aromatic carbocycles. The average Bonchev–Trinajstić information content (AvgIpc) is 2.52. The smallest absolute Gasteiger partial charge is 0.279 e. The molecular weight excluding hydrogens is 371 g/mol. The van der Waals surface area contributed by atoms with Crippen LogP contribution in [-0.2, 0) is 11.3 Å².